The van der Waals surface area contributed by atoms with Gasteiger partial charge in [-0.3, -0.25) is 0 Å². The van der Waals surface area contributed by atoms with E-state index in [0.29, 0.717) is 0 Å². The molecule has 76 valence electrons. The number of aromatic nitrogens is 1. The highest BCUT2D eigenvalue weighted by Crippen LogP contribution is 2.20. The maximum absolute atomic E-state index is 9.35. The van der Waals surface area contributed by atoms with Crippen molar-refractivity contribution in [2.24, 2.45) is 0 Å². The molecule has 0 saturated carbocycles. The second kappa shape index (κ2) is 3.84. The molecule has 2 rings (SSSR count). The Labute approximate surface area is 83.6 Å². The molecule has 2 N–H and O–H groups in total. The molecule has 1 aromatic rings. The lowest BCUT2D eigenvalue weighted by Gasteiger charge is -2.28. The van der Waals surface area contributed by atoms with Crippen molar-refractivity contribution < 1.29 is 5.11 Å². The molecule has 1 aliphatic rings. The first kappa shape index (κ1) is 9.27. The predicted octanol–water partition coefficient (Wildman–Crippen LogP) is 0.505. The first-order valence-corrected chi connectivity index (χ1v) is 4.88. The van der Waals surface area contributed by atoms with Gasteiger partial charge in [-0.1, -0.05) is 0 Å². The minimum atomic E-state index is 0.267. The van der Waals surface area contributed by atoms with Crippen molar-refractivity contribution in [1.82, 2.24) is 10.3 Å². The van der Waals surface area contributed by atoms with Crippen LogP contribution in [0.3, 0.4) is 0 Å². The largest absolute Gasteiger partial charge is 0.506 e. The molecule has 1 aliphatic heterocycles. The SMILES string of the molecule is Cc1cc(N2CCNCC2)ncc1O. The lowest BCUT2D eigenvalue weighted by Crippen LogP contribution is -2.43. The summed E-state index contributed by atoms with van der Waals surface area (Å²) >= 11 is 0. The third-order valence-corrected chi connectivity index (χ3v) is 2.51. The van der Waals surface area contributed by atoms with Gasteiger partial charge in [0.15, 0.2) is 0 Å². The van der Waals surface area contributed by atoms with E-state index in [1.165, 1.54) is 6.20 Å². The van der Waals surface area contributed by atoms with Crippen molar-refractivity contribution in [3.8, 4) is 5.75 Å². The van der Waals surface area contributed by atoms with Gasteiger partial charge >= 0.3 is 0 Å². The summed E-state index contributed by atoms with van der Waals surface area (Å²) in [7, 11) is 0. The molecule has 0 atom stereocenters. The quantitative estimate of drug-likeness (QED) is 0.682. The molecule has 4 nitrogen and oxygen atoms in total. The molecule has 14 heavy (non-hydrogen) atoms. The van der Waals surface area contributed by atoms with Crippen LogP contribution in [0.15, 0.2) is 12.3 Å². The van der Waals surface area contributed by atoms with E-state index in [1.807, 2.05) is 13.0 Å². The van der Waals surface area contributed by atoms with Gasteiger partial charge in [-0.2, -0.15) is 0 Å². The van der Waals surface area contributed by atoms with Gasteiger partial charge in [0.1, 0.15) is 11.6 Å². The molecule has 4 heteroatoms. The first-order chi connectivity index (χ1) is 6.77. The van der Waals surface area contributed by atoms with Crippen molar-refractivity contribution >= 4 is 5.82 Å². The van der Waals surface area contributed by atoms with E-state index < -0.39 is 0 Å². The van der Waals surface area contributed by atoms with Crippen molar-refractivity contribution in [3.63, 3.8) is 0 Å². The van der Waals surface area contributed by atoms with Gasteiger partial charge in [0.2, 0.25) is 0 Å². The summed E-state index contributed by atoms with van der Waals surface area (Å²) in [5.41, 5.74) is 0.883. The Morgan fingerprint density at radius 1 is 1.43 bits per heavy atom. The number of rotatable bonds is 1. The van der Waals surface area contributed by atoms with E-state index in [0.717, 1.165) is 37.6 Å². The van der Waals surface area contributed by atoms with Crippen LogP contribution in [0.1, 0.15) is 5.56 Å². The number of aromatic hydroxyl groups is 1. The molecule has 1 saturated heterocycles. The second-order valence-corrected chi connectivity index (χ2v) is 3.57. The summed E-state index contributed by atoms with van der Waals surface area (Å²) in [5.74, 6) is 1.23. The van der Waals surface area contributed by atoms with Crippen molar-refractivity contribution in [2.75, 3.05) is 31.1 Å². The summed E-state index contributed by atoms with van der Waals surface area (Å²) < 4.78 is 0. The Balaban J connectivity index is 2.18. The summed E-state index contributed by atoms with van der Waals surface area (Å²) in [4.78, 5) is 6.44. The average molecular weight is 193 g/mol. The van der Waals surface area contributed by atoms with E-state index in [1.54, 1.807) is 0 Å². The summed E-state index contributed by atoms with van der Waals surface area (Å²) in [6, 6.07) is 1.93. The smallest absolute Gasteiger partial charge is 0.136 e. The molecule has 2 heterocycles. The molecule has 0 radical (unpaired) electrons. The summed E-state index contributed by atoms with van der Waals surface area (Å²) in [6.45, 7) is 5.86. The number of aryl methyl sites for hydroxylation is 1. The standard InChI is InChI=1S/C10H15N3O/c1-8-6-10(12-7-9(8)14)13-4-2-11-3-5-13/h6-7,11,14H,2-5H2,1H3. The zero-order valence-electron chi connectivity index (χ0n) is 8.32. The molecule has 1 aromatic heterocycles. The lowest BCUT2D eigenvalue weighted by molar-refractivity contribution is 0.468. The normalized spacial score (nSPS) is 17.1. The van der Waals surface area contributed by atoms with Gasteiger partial charge in [0, 0.05) is 26.2 Å². The van der Waals surface area contributed by atoms with E-state index >= 15 is 0 Å². The van der Waals surface area contributed by atoms with Crippen molar-refractivity contribution in [2.45, 2.75) is 6.92 Å². The van der Waals surface area contributed by atoms with Crippen molar-refractivity contribution in [1.29, 1.82) is 0 Å². The number of pyridine rings is 1. The fourth-order valence-corrected chi connectivity index (χ4v) is 1.60. The Bertz CT molecular complexity index is 321. The highest BCUT2D eigenvalue weighted by molar-refractivity contribution is 5.45. The number of hydrogen-bond acceptors (Lipinski definition) is 4. The van der Waals surface area contributed by atoms with Crippen LogP contribution in [0.4, 0.5) is 5.82 Å². The molecule has 0 bridgehead atoms. The average Bonchev–Trinajstić information content (AvgIpc) is 2.23. The summed E-state index contributed by atoms with van der Waals surface area (Å²) in [5, 5.41) is 12.6. The molecule has 0 unspecified atom stereocenters. The van der Waals surface area contributed by atoms with E-state index in [4.69, 9.17) is 0 Å². The van der Waals surface area contributed by atoms with Gasteiger partial charge in [-0.05, 0) is 18.6 Å². The van der Waals surface area contributed by atoms with Gasteiger partial charge < -0.3 is 15.3 Å². The Morgan fingerprint density at radius 2 is 2.14 bits per heavy atom. The van der Waals surface area contributed by atoms with Gasteiger partial charge in [0.25, 0.3) is 0 Å². The Morgan fingerprint density at radius 3 is 2.79 bits per heavy atom. The van der Waals surface area contributed by atoms with Crippen LogP contribution in [0, 0.1) is 6.92 Å². The third-order valence-electron chi connectivity index (χ3n) is 2.51. The Hall–Kier alpha value is -1.29. The molecule has 1 fully saturated rings. The lowest BCUT2D eigenvalue weighted by atomic mass is 10.2. The topological polar surface area (TPSA) is 48.4 Å². The fourth-order valence-electron chi connectivity index (χ4n) is 1.60. The third kappa shape index (κ3) is 1.80. The molecule has 0 aromatic carbocycles. The van der Waals surface area contributed by atoms with Crippen LogP contribution in [-0.4, -0.2) is 36.3 Å². The predicted molar refractivity (Wildman–Crippen MR) is 55.7 cm³/mol. The van der Waals surface area contributed by atoms with Gasteiger partial charge in [-0.15, -0.1) is 0 Å². The second-order valence-electron chi connectivity index (χ2n) is 3.57. The number of nitrogens with zero attached hydrogens (tertiary/aromatic N) is 2. The fraction of sp³-hybridized carbons (Fsp3) is 0.500. The number of hydrogen-bond donors (Lipinski definition) is 2. The van der Waals surface area contributed by atoms with Gasteiger partial charge in [-0.25, -0.2) is 4.98 Å². The number of anilines is 1. The van der Waals surface area contributed by atoms with Crippen molar-refractivity contribution in [3.05, 3.63) is 17.8 Å². The van der Waals surface area contributed by atoms with Crippen LogP contribution in [0.2, 0.25) is 0 Å². The molecular formula is C10H15N3O. The maximum atomic E-state index is 9.35. The van der Waals surface area contributed by atoms with E-state index in [-0.39, 0.29) is 5.75 Å². The number of piperazine rings is 1. The Kier molecular flexibility index (Phi) is 2.54. The number of nitrogens with one attached hydrogen (secondary N) is 1. The van der Waals surface area contributed by atoms with Crippen LogP contribution in [0.25, 0.3) is 0 Å². The molecule has 0 aliphatic carbocycles. The van der Waals surface area contributed by atoms with E-state index in [2.05, 4.69) is 15.2 Å². The maximum Gasteiger partial charge on any atom is 0.136 e. The van der Waals surface area contributed by atoms with Gasteiger partial charge in [0.05, 0.1) is 6.20 Å². The van der Waals surface area contributed by atoms with Crippen LogP contribution in [0.5, 0.6) is 5.75 Å². The molecule has 0 amide bonds. The highest BCUT2D eigenvalue weighted by atomic mass is 16.3. The minimum absolute atomic E-state index is 0.267. The molecule has 0 spiro atoms. The first-order valence-electron chi connectivity index (χ1n) is 4.88. The zero-order chi connectivity index (χ0) is 9.97. The monoisotopic (exact) mass is 193 g/mol. The molecular weight excluding hydrogens is 178 g/mol. The summed E-state index contributed by atoms with van der Waals surface area (Å²) in [6.07, 6.45) is 1.52. The van der Waals surface area contributed by atoms with Crippen LogP contribution in [-0.2, 0) is 0 Å². The van der Waals surface area contributed by atoms with Crippen LogP contribution >= 0.6 is 0 Å². The minimum Gasteiger partial charge on any atom is -0.506 e. The van der Waals surface area contributed by atoms with E-state index in [9.17, 15) is 5.11 Å². The zero-order valence-corrected chi connectivity index (χ0v) is 8.32. The highest BCUT2D eigenvalue weighted by Gasteiger charge is 2.11. The van der Waals surface area contributed by atoms with Crippen LogP contribution < -0.4 is 10.2 Å².